The minimum atomic E-state index is 0.460. The zero-order valence-electron chi connectivity index (χ0n) is 4.66. The van der Waals surface area contributed by atoms with Gasteiger partial charge in [-0.05, 0) is 5.41 Å². The number of aliphatic imine (C=N–C) groups is 1. The Morgan fingerprint density at radius 1 is 1.78 bits per heavy atom. The minimum absolute atomic E-state index is 0.460. The molecule has 0 saturated heterocycles. The maximum atomic E-state index is 7.17. The molecule has 2 rings (SSSR count). The quantitative estimate of drug-likeness (QED) is 0.540. The highest BCUT2D eigenvalue weighted by Gasteiger charge is 2.21. The van der Waals surface area contributed by atoms with Crippen LogP contribution in [0.4, 0.5) is 0 Å². The van der Waals surface area contributed by atoms with Gasteiger partial charge in [-0.1, -0.05) is 11.8 Å². The Hall–Kier alpha value is -0.770. The number of amidine groups is 2. The second kappa shape index (κ2) is 1.60. The number of nitrogens with one attached hydrogen (secondary N) is 1. The molecular weight excluding hydrogens is 134 g/mol. The van der Waals surface area contributed by atoms with E-state index in [-0.39, 0.29) is 0 Å². The highest BCUT2D eigenvalue weighted by Crippen LogP contribution is 2.22. The van der Waals surface area contributed by atoms with Crippen LogP contribution in [0.5, 0.6) is 0 Å². The van der Waals surface area contributed by atoms with Gasteiger partial charge in [0.1, 0.15) is 5.84 Å². The first-order valence-electron chi connectivity index (χ1n) is 2.62. The van der Waals surface area contributed by atoms with Crippen molar-refractivity contribution in [2.24, 2.45) is 4.99 Å². The van der Waals surface area contributed by atoms with Crippen LogP contribution in [-0.2, 0) is 0 Å². The molecule has 0 fully saturated rings. The van der Waals surface area contributed by atoms with E-state index in [0.717, 1.165) is 5.17 Å². The van der Waals surface area contributed by atoms with E-state index >= 15 is 0 Å². The lowest BCUT2D eigenvalue weighted by Gasteiger charge is -2.03. The van der Waals surface area contributed by atoms with Crippen molar-refractivity contribution in [1.82, 2.24) is 4.90 Å². The highest BCUT2D eigenvalue weighted by atomic mass is 32.2. The average molecular weight is 139 g/mol. The van der Waals surface area contributed by atoms with Gasteiger partial charge >= 0.3 is 0 Å². The van der Waals surface area contributed by atoms with Crippen molar-refractivity contribution in [2.75, 3.05) is 6.54 Å². The lowest BCUT2D eigenvalue weighted by atomic mass is 10.6. The third-order valence-electron chi connectivity index (χ3n) is 1.21. The zero-order chi connectivity index (χ0) is 6.27. The summed E-state index contributed by atoms with van der Waals surface area (Å²) in [7, 11) is 0. The summed E-state index contributed by atoms with van der Waals surface area (Å²) >= 11 is 1.57. The smallest absolute Gasteiger partial charge is 0.174 e. The number of hydrogen-bond acceptors (Lipinski definition) is 3. The zero-order valence-corrected chi connectivity index (χ0v) is 5.48. The van der Waals surface area contributed by atoms with Gasteiger partial charge in [0.25, 0.3) is 0 Å². The van der Waals surface area contributed by atoms with Gasteiger partial charge < -0.3 is 4.90 Å². The number of fused-ring (bicyclic) bond motifs is 1. The van der Waals surface area contributed by atoms with Crippen LogP contribution in [0.15, 0.2) is 16.6 Å². The molecule has 0 spiro atoms. The molecule has 3 nitrogen and oxygen atoms in total. The van der Waals surface area contributed by atoms with Crippen LogP contribution in [0.3, 0.4) is 0 Å². The molecule has 0 saturated carbocycles. The van der Waals surface area contributed by atoms with Crippen LogP contribution in [0.2, 0.25) is 0 Å². The van der Waals surface area contributed by atoms with Crippen LogP contribution in [0.1, 0.15) is 0 Å². The van der Waals surface area contributed by atoms with E-state index in [0.29, 0.717) is 12.4 Å². The van der Waals surface area contributed by atoms with E-state index in [1.54, 1.807) is 11.8 Å². The Kier molecular flexibility index (Phi) is 0.900. The van der Waals surface area contributed by atoms with Crippen molar-refractivity contribution in [3.63, 3.8) is 0 Å². The minimum Gasteiger partial charge on any atom is -0.319 e. The van der Waals surface area contributed by atoms with E-state index in [1.807, 2.05) is 16.5 Å². The van der Waals surface area contributed by atoms with Crippen molar-refractivity contribution < 1.29 is 0 Å². The molecule has 0 radical (unpaired) electrons. The van der Waals surface area contributed by atoms with Gasteiger partial charge in [-0.3, -0.25) is 5.41 Å². The van der Waals surface area contributed by atoms with Gasteiger partial charge in [-0.25, -0.2) is 4.99 Å². The van der Waals surface area contributed by atoms with Crippen molar-refractivity contribution in [2.45, 2.75) is 0 Å². The monoisotopic (exact) mass is 139 g/mol. The molecule has 46 valence electrons. The lowest BCUT2D eigenvalue weighted by Crippen LogP contribution is -2.15. The topological polar surface area (TPSA) is 39.5 Å². The molecule has 0 aromatic rings. The molecular formula is C5H5N3S. The molecule has 2 aliphatic rings. The van der Waals surface area contributed by atoms with Crippen molar-refractivity contribution in [1.29, 1.82) is 5.41 Å². The number of rotatable bonds is 0. The number of hydrogen-bond donors (Lipinski definition) is 1. The molecule has 0 bridgehead atoms. The van der Waals surface area contributed by atoms with Crippen LogP contribution in [0, 0.1) is 5.41 Å². The first-order valence-corrected chi connectivity index (χ1v) is 3.50. The predicted molar refractivity (Wildman–Crippen MR) is 38.6 cm³/mol. The fourth-order valence-electron chi connectivity index (χ4n) is 0.819. The molecule has 0 aromatic heterocycles. The summed E-state index contributed by atoms with van der Waals surface area (Å²) < 4.78 is 0. The Morgan fingerprint density at radius 2 is 2.67 bits per heavy atom. The summed E-state index contributed by atoms with van der Waals surface area (Å²) in [5.74, 6) is 0.460. The highest BCUT2D eigenvalue weighted by molar-refractivity contribution is 8.16. The van der Waals surface area contributed by atoms with E-state index < -0.39 is 0 Å². The SMILES string of the molecule is N=C1CN2C=CSC2=N1. The van der Waals surface area contributed by atoms with Crippen molar-refractivity contribution >= 4 is 22.8 Å². The lowest BCUT2D eigenvalue weighted by molar-refractivity contribution is 0.679. The van der Waals surface area contributed by atoms with Gasteiger partial charge in [-0.2, -0.15) is 0 Å². The molecule has 0 amide bonds. The molecule has 0 aromatic carbocycles. The van der Waals surface area contributed by atoms with Gasteiger partial charge in [0.2, 0.25) is 0 Å². The predicted octanol–water partition coefficient (Wildman–Crippen LogP) is 0.853. The Balaban J connectivity index is 2.33. The molecule has 0 atom stereocenters. The summed E-state index contributed by atoms with van der Waals surface area (Å²) in [6, 6.07) is 0. The fraction of sp³-hybridized carbons (Fsp3) is 0.200. The molecule has 1 N–H and O–H groups in total. The second-order valence-electron chi connectivity index (χ2n) is 1.87. The normalized spacial score (nSPS) is 22.9. The number of thioether (sulfide) groups is 1. The third-order valence-corrected chi connectivity index (χ3v) is 2.01. The molecule has 4 heteroatoms. The van der Waals surface area contributed by atoms with Gasteiger partial charge in [0, 0.05) is 6.20 Å². The van der Waals surface area contributed by atoms with E-state index in [9.17, 15) is 0 Å². The van der Waals surface area contributed by atoms with E-state index in [4.69, 9.17) is 5.41 Å². The van der Waals surface area contributed by atoms with Crippen LogP contribution in [0.25, 0.3) is 0 Å². The summed E-state index contributed by atoms with van der Waals surface area (Å²) in [4.78, 5) is 5.94. The van der Waals surface area contributed by atoms with Crippen molar-refractivity contribution in [3.8, 4) is 0 Å². The Morgan fingerprint density at radius 3 is 3.44 bits per heavy atom. The molecule has 0 unspecified atom stereocenters. The van der Waals surface area contributed by atoms with Crippen molar-refractivity contribution in [3.05, 3.63) is 11.6 Å². The number of nitrogens with zero attached hydrogens (tertiary/aromatic N) is 2. The fourth-order valence-corrected chi connectivity index (χ4v) is 1.57. The standard InChI is InChI=1S/C5H5N3S/c6-4-3-8-1-2-9-5(8)7-4/h1-2,6H,3H2. The van der Waals surface area contributed by atoms with E-state index in [1.165, 1.54) is 0 Å². The Labute approximate surface area is 57.0 Å². The first kappa shape index (κ1) is 5.05. The summed E-state index contributed by atoms with van der Waals surface area (Å²) in [6.07, 6.45) is 1.95. The average Bonchev–Trinajstić information content (AvgIpc) is 2.22. The summed E-state index contributed by atoms with van der Waals surface area (Å²) in [6.45, 7) is 0.652. The third kappa shape index (κ3) is 0.666. The van der Waals surface area contributed by atoms with Gasteiger partial charge in [0.05, 0.1) is 6.54 Å². The van der Waals surface area contributed by atoms with E-state index in [2.05, 4.69) is 4.99 Å². The summed E-state index contributed by atoms with van der Waals surface area (Å²) in [5, 5.41) is 10.1. The van der Waals surface area contributed by atoms with Gasteiger partial charge in [-0.15, -0.1) is 0 Å². The maximum Gasteiger partial charge on any atom is 0.174 e. The molecule has 9 heavy (non-hydrogen) atoms. The van der Waals surface area contributed by atoms with Crippen LogP contribution >= 0.6 is 11.8 Å². The first-order chi connectivity index (χ1) is 4.36. The van der Waals surface area contributed by atoms with Gasteiger partial charge in [0.15, 0.2) is 5.17 Å². The Bertz CT molecular complexity index is 218. The maximum absolute atomic E-state index is 7.17. The second-order valence-corrected chi connectivity index (χ2v) is 2.74. The molecule has 2 aliphatic heterocycles. The van der Waals surface area contributed by atoms with Crippen LogP contribution < -0.4 is 0 Å². The molecule has 2 heterocycles. The summed E-state index contributed by atoms with van der Waals surface area (Å²) in [5.41, 5.74) is 0. The molecule has 0 aliphatic carbocycles. The van der Waals surface area contributed by atoms with Crippen LogP contribution in [-0.4, -0.2) is 22.4 Å². The largest absolute Gasteiger partial charge is 0.319 e.